The molecule has 2 atom stereocenters. The van der Waals surface area contributed by atoms with Gasteiger partial charge in [0.2, 0.25) is 11.8 Å². The highest BCUT2D eigenvalue weighted by atomic mass is 16.2. The molecule has 1 fully saturated rings. The number of nitrogens with one attached hydrogen (secondary N) is 1. The first-order valence-corrected chi connectivity index (χ1v) is 7.69. The standard InChI is InChI=1S/C17H20N4O2/c1-12(19-17(23)14-10-16(22)20(2)11-14)13-5-3-6-15(9-13)21-8-4-7-18-21/h3-9,12,14H,10-11H2,1-2H3,(H,19,23). The fourth-order valence-electron chi connectivity index (χ4n) is 2.81. The third-order valence-corrected chi connectivity index (χ3v) is 4.21. The van der Waals surface area contributed by atoms with Crippen molar-refractivity contribution in [3.8, 4) is 5.69 Å². The van der Waals surface area contributed by atoms with Gasteiger partial charge in [0.25, 0.3) is 0 Å². The zero-order valence-electron chi connectivity index (χ0n) is 13.3. The third kappa shape index (κ3) is 3.26. The minimum atomic E-state index is -0.260. The van der Waals surface area contributed by atoms with Crippen molar-refractivity contribution < 1.29 is 9.59 Å². The summed E-state index contributed by atoms with van der Waals surface area (Å²) in [5.74, 6) is -0.303. The van der Waals surface area contributed by atoms with Crippen molar-refractivity contribution >= 4 is 11.8 Å². The van der Waals surface area contributed by atoms with E-state index in [2.05, 4.69) is 10.4 Å². The number of nitrogens with zero attached hydrogens (tertiary/aromatic N) is 3. The molecule has 6 nitrogen and oxygen atoms in total. The number of carbonyl (C=O) groups is 2. The maximum Gasteiger partial charge on any atom is 0.225 e. The van der Waals surface area contributed by atoms with Crippen molar-refractivity contribution in [3.05, 3.63) is 48.3 Å². The van der Waals surface area contributed by atoms with Crippen molar-refractivity contribution in [2.75, 3.05) is 13.6 Å². The molecule has 120 valence electrons. The molecule has 0 saturated carbocycles. The average Bonchev–Trinajstić information content (AvgIpc) is 3.18. The molecule has 1 aliphatic rings. The summed E-state index contributed by atoms with van der Waals surface area (Å²) in [6.07, 6.45) is 3.90. The number of rotatable bonds is 4. The molecule has 0 aliphatic carbocycles. The number of amides is 2. The van der Waals surface area contributed by atoms with Crippen LogP contribution in [0.5, 0.6) is 0 Å². The van der Waals surface area contributed by atoms with E-state index in [1.807, 2.05) is 43.5 Å². The second-order valence-corrected chi connectivity index (χ2v) is 5.95. The molecular formula is C17H20N4O2. The maximum absolute atomic E-state index is 12.3. The molecule has 1 N–H and O–H groups in total. The van der Waals surface area contributed by atoms with E-state index in [1.54, 1.807) is 22.8 Å². The lowest BCUT2D eigenvalue weighted by Gasteiger charge is -2.18. The summed E-state index contributed by atoms with van der Waals surface area (Å²) in [5, 5.41) is 7.22. The van der Waals surface area contributed by atoms with E-state index >= 15 is 0 Å². The van der Waals surface area contributed by atoms with Gasteiger partial charge >= 0.3 is 0 Å². The Bertz CT molecular complexity index is 711. The first kappa shape index (κ1) is 15.3. The Balaban J connectivity index is 1.69. The highest BCUT2D eigenvalue weighted by Gasteiger charge is 2.32. The van der Waals surface area contributed by atoms with Crippen LogP contribution >= 0.6 is 0 Å². The third-order valence-electron chi connectivity index (χ3n) is 4.21. The van der Waals surface area contributed by atoms with Crippen molar-refractivity contribution in [1.29, 1.82) is 0 Å². The van der Waals surface area contributed by atoms with Gasteiger partial charge < -0.3 is 10.2 Å². The second kappa shape index (κ2) is 6.24. The minimum absolute atomic E-state index is 0.0264. The van der Waals surface area contributed by atoms with Crippen molar-refractivity contribution in [3.63, 3.8) is 0 Å². The summed E-state index contributed by atoms with van der Waals surface area (Å²) in [5.41, 5.74) is 1.95. The van der Waals surface area contributed by atoms with Crippen LogP contribution in [0.4, 0.5) is 0 Å². The number of aromatic nitrogens is 2. The Morgan fingerprint density at radius 1 is 1.39 bits per heavy atom. The molecule has 1 aromatic carbocycles. The van der Waals surface area contributed by atoms with Gasteiger partial charge in [-0.05, 0) is 30.7 Å². The van der Waals surface area contributed by atoms with Crippen LogP contribution in [0.25, 0.3) is 5.69 Å². The van der Waals surface area contributed by atoms with E-state index in [9.17, 15) is 9.59 Å². The molecule has 2 amide bonds. The van der Waals surface area contributed by atoms with E-state index < -0.39 is 0 Å². The predicted octanol–water partition coefficient (Wildman–Crippen LogP) is 1.53. The lowest BCUT2D eigenvalue weighted by atomic mass is 10.0. The molecule has 3 rings (SSSR count). The van der Waals surface area contributed by atoms with E-state index in [4.69, 9.17) is 0 Å². The van der Waals surface area contributed by atoms with E-state index in [-0.39, 0.29) is 23.8 Å². The molecule has 2 aromatic rings. The number of likely N-dealkylation sites (tertiary alicyclic amines) is 1. The quantitative estimate of drug-likeness (QED) is 0.931. The molecule has 6 heteroatoms. The number of hydrogen-bond donors (Lipinski definition) is 1. The Morgan fingerprint density at radius 3 is 2.87 bits per heavy atom. The first-order valence-electron chi connectivity index (χ1n) is 7.69. The zero-order chi connectivity index (χ0) is 16.4. The summed E-state index contributed by atoms with van der Waals surface area (Å²) >= 11 is 0. The summed E-state index contributed by atoms with van der Waals surface area (Å²) in [7, 11) is 1.73. The molecule has 0 radical (unpaired) electrons. The highest BCUT2D eigenvalue weighted by molar-refractivity contribution is 5.89. The minimum Gasteiger partial charge on any atom is -0.349 e. The van der Waals surface area contributed by atoms with Crippen LogP contribution in [0.3, 0.4) is 0 Å². The van der Waals surface area contributed by atoms with Gasteiger partial charge in [-0.3, -0.25) is 9.59 Å². The Morgan fingerprint density at radius 2 is 2.22 bits per heavy atom. The Kier molecular flexibility index (Phi) is 4.14. The van der Waals surface area contributed by atoms with Crippen LogP contribution < -0.4 is 5.32 Å². The number of benzene rings is 1. The van der Waals surface area contributed by atoms with E-state index in [0.29, 0.717) is 13.0 Å². The maximum atomic E-state index is 12.3. The van der Waals surface area contributed by atoms with Crippen LogP contribution in [-0.4, -0.2) is 40.1 Å². The van der Waals surface area contributed by atoms with Gasteiger partial charge in [-0.25, -0.2) is 4.68 Å². The van der Waals surface area contributed by atoms with E-state index in [1.165, 1.54) is 0 Å². The molecule has 1 saturated heterocycles. The SMILES string of the molecule is CC(NC(=O)C1CC(=O)N(C)C1)c1cccc(-n2cccn2)c1. The van der Waals surface area contributed by atoms with Crippen LogP contribution in [0.1, 0.15) is 24.9 Å². The molecule has 0 bridgehead atoms. The fraction of sp³-hybridized carbons (Fsp3) is 0.353. The van der Waals surface area contributed by atoms with Crippen molar-refractivity contribution in [2.45, 2.75) is 19.4 Å². The van der Waals surface area contributed by atoms with E-state index in [0.717, 1.165) is 11.3 Å². The highest BCUT2D eigenvalue weighted by Crippen LogP contribution is 2.20. The van der Waals surface area contributed by atoms with Crippen molar-refractivity contribution in [2.24, 2.45) is 5.92 Å². The average molecular weight is 312 g/mol. The molecule has 2 unspecified atom stereocenters. The summed E-state index contributed by atoms with van der Waals surface area (Å²) < 4.78 is 1.78. The molecule has 1 aromatic heterocycles. The molecule has 23 heavy (non-hydrogen) atoms. The molecular weight excluding hydrogens is 292 g/mol. The van der Waals surface area contributed by atoms with Gasteiger partial charge in [0.1, 0.15) is 0 Å². The number of carbonyl (C=O) groups excluding carboxylic acids is 2. The fourth-order valence-corrected chi connectivity index (χ4v) is 2.81. The van der Waals surface area contributed by atoms with Crippen LogP contribution in [0.15, 0.2) is 42.7 Å². The van der Waals surface area contributed by atoms with Gasteiger partial charge in [0, 0.05) is 32.4 Å². The summed E-state index contributed by atoms with van der Waals surface area (Å²) in [6, 6.07) is 9.63. The summed E-state index contributed by atoms with van der Waals surface area (Å²) in [6.45, 7) is 2.44. The van der Waals surface area contributed by atoms with Crippen LogP contribution in [0.2, 0.25) is 0 Å². The smallest absolute Gasteiger partial charge is 0.225 e. The lowest BCUT2D eigenvalue weighted by Crippen LogP contribution is -2.34. The van der Waals surface area contributed by atoms with Gasteiger partial charge in [-0.1, -0.05) is 12.1 Å². The van der Waals surface area contributed by atoms with Crippen LogP contribution in [0, 0.1) is 5.92 Å². The predicted molar refractivity (Wildman–Crippen MR) is 85.9 cm³/mol. The van der Waals surface area contributed by atoms with Crippen LogP contribution in [-0.2, 0) is 9.59 Å². The summed E-state index contributed by atoms with van der Waals surface area (Å²) in [4.78, 5) is 25.5. The normalized spacial score (nSPS) is 19.0. The van der Waals surface area contributed by atoms with Gasteiger partial charge in [-0.15, -0.1) is 0 Å². The topological polar surface area (TPSA) is 67.2 Å². The molecule has 0 spiro atoms. The first-order chi connectivity index (χ1) is 11.0. The monoisotopic (exact) mass is 312 g/mol. The lowest BCUT2D eigenvalue weighted by molar-refractivity contribution is -0.128. The van der Waals surface area contributed by atoms with Gasteiger partial charge in [0.15, 0.2) is 0 Å². The van der Waals surface area contributed by atoms with Crippen molar-refractivity contribution in [1.82, 2.24) is 20.0 Å². The molecule has 2 heterocycles. The van der Waals surface area contributed by atoms with Gasteiger partial charge in [-0.2, -0.15) is 5.10 Å². The Labute approximate surface area is 135 Å². The largest absolute Gasteiger partial charge is 0.349 e. The second-order valence-electron chi connectivity index (χ2n) is 5.95. The zero-order valence-corrected chi connectivity index (χ0v) is 13.3. The van der Waals surface area contributed by atoms with Gasteiger partial charge in [0.05, 0.1) is 17.6 Å². The molecule has 1 aliphatic heterocycles. The number of hydrogen-bond acceptors (Lipinski definition) is 3. The Hall–Kier alpha value is -2.63.